The molecule has 0 saturated heterocycles. The minimum atomic E-state index is 0.870. The van der Waals surface area contributed by atoms with Gasteiger partial charge in [0.2, 0.25) is 0 Å². The standard InChI is InChI=1S/C13H23N3/c1-3-8-14-10-12-6-5-7-13(16-12)11-15-9-4-2/h5-7,14-15H,3-4,8-11H2,1-2H3. The van der Waals surface area contributed by atoms with E-state index in [2.05, 4.69) is 47.7 Å². The fourth-order valence-corrected chi connectivity index (χ4v) is 1.51. The number of aromatic nitrogens is 1. The Kier molecular flexibility index (Phi) is 6.77. The van der Waals surface area contributed by atoms with Crippen LogP contribution in [0.2, 0.25) is 0 Å². The lowest BCUT2D eigenvalue weighted by Gasteiger charge is -2.06. The molecule has 0 aromatic carbocycles. The van der Waals surface area contributed by atoms with Crippen LogP contribution in [0, 0.1) is 0 Å². The van der Waals surface area contributed by atoms with E-state index in [1.165, 1.54) is 0 Å². The molecule has 0 aliphatic heterocycles. The highest BCUT2D eigenvalue weighted by Crippen LogP contribution is 1.99. The molecular formula is C13H23N3. The maximum Gasteiger partial charge on any atom is 0.0545 e. The van der Waals surface area contributed by atoms with Gasteiger partial charge in [-0.05, 0) is 38.1 Å². The van der Waals surface area contributed by atoms with Gasteiger partial charge in [0.25, 0.3) is 0 Å². The molecule has 1 heterocycles. The number of hydrogen-bond donors (Lipinski definition) is 2. The Balaban J connectivity index is 2.37. The van der Waals surface area contributed by atoms with E-state index in [0.717, 1.165) is 50.4 Å². The van der Waals surface area contributed by atoms with Gasteiger partial charge in [-0.2, -0.15) is 0 Å². The van der Waals surface area contributed by atoms with Crippen molar-refractivity contribution in [1.29, 1.82) is 0 Å². The van der Waals surface area contributed by atoms with Gasteiger partial charge in [-0.1, -0.05) is 19.9 Å². The van der Waals surface area contributed by atoms with Crippen LogP contribution < -0.4 is 10.6 Å². The minimum absolute atomic E-state index is 0.870. The van der Waals surface area contributed by atoms with E-state index in [1.807, 2.05) is 0 Å². The van der Waals surface area contributed by atoms with Gasteiger partial charge in [-0.25, -0.2) is 0 Å². The summed E-state index contributed by atoms with van der Waals surface area (Å²) in [5.41, 5.74) is 2.26. The summed E-state index contributed by atoms with van der Waals surface area (Å²) in [6.07, 6.45) is 2.33. The molecule has 0 radical (unpaired) electrons. The third kappa shape index (κ3) is 5.24. The van der Waals surface area contributed by atoms with E-state index in [-0.39, 0.29) is 0 Å². The number of pyridine rings is 1. The van der Waals surface area contributed by atoms with Crippen LogP contribution in [0.5, 0.6) is 0 Å². The van der Waals surface area contributed by atoms with Crippen molar-refractivity contribution in [2.75, 3.05) is 13.1 Å². The molecule has 1 aromatic rings. The molecule has 0 amide bonds. The second-order valence-electron chi connectivity index (χ2n) is 3.97. The average Bonchev–Trinajstić information content (AvgIpc) is 2.30. The second kappa shape index (κ2) is 8.25. The molecule has 0 spiro atoms. The molecule has 0 aliphatic carbocycles. The van der Waals surface area contributed by atoms with Gasteiger partial charge in [-0.15, -0.1) is 0 Å². The van der Waals surface area contributed by atoms with Gasteiger partial charge < -0.3 is 10.6 Å². The van der Waals surface area contributed by atoms with Gasteiger partial charge in [0.1, 0.15) is 0 Å². The molecule has 0 unspecified atom stereocenters. The minimum Gasteiger partial charge on any atom is -0.311 e. The van der Waals surface area contributed by atoms with Crippen LogP contribution in [0.4, 0.5) is 0 Å². The zero-order valence-corrected chi connectivity index (χ0v) is 10.4. The maximum atomic E-state index is 4.59. The van der Waals surface area contributed by atoms with Crippen LogP contribution >= 0.6 is 0 Å². The van der Waals surface area contributed by atoms with Crippen LogP contribution in [-0.4, -0.2) is 18.1 Å². The first-order chi connectivity index (χ1) is 7.86. The molecule has 0 fully saturated rings. The summed E-state index contributed by atoms with van der Waals surface area (Å²) >= 11 is 0. The zero-order chi connectivity index (χ0) is 11.6. The fraction of sp³-hybridized carbons (Fsp3) is 0.615. The normalized spacial score (nSPS) is 10.6. The van der Waals surface area contributed by atoms with Gasteiger partial charge >= 0.3 is 0 Å². The maximum absolute atomic E-state index is 4.59. The molecule has 0 bridgehead atoms. The predicted molar refractivity (Wildman–Crippen MR) is 68.2 cm³/mol. The molecule has 3 nitrogen and oxygen atoms in total. The second-order valence-corrected chi connectivity index (χ2v) is 3.97. The molecule has 1 aromatic heterocycles. The zero-order valence-electron chi connectivity index (χ0n) is 10.4. The first-order valence-corrected chi connectivity index (χ1v) is 6.23. The molecule has 16 heavy (non-hydrogen) atoms. The van der Waals surface area contributed by atoms with Crippen molar-refractivity contribution in [3.63, 3.8) is 0 Å². The lowest BCUT2D eigenvalue weighted by atomic mass is 10.3. The molecule has 0 aliphatic rings. The average molecular weight is 221 g/mol. The summed E-state index contributed by atoms with van der Waals surface area (Å²) in [5.74, 6) is 0. The summed E-state index contributed by atoms with van der Waals surface area (Å²) < 4.78 is 0. The third-order valence-corrected chi connectivity index (χ3v) is 2.33. The van der Waals surface area contributed by atoms with Crippen LogP contribution in [-0.2, 0) is 13.1 Å². The van der Waals surface area contributed by atoms with Crippen molar-refractivity contribution >= 4 is 0 Å². The van der Waals surface area contributed by atoms with Crippen molar-refractivity contribution in [3.8, 4) is 0 Å². The van der Waals surface area contributed by atoms with Gasteiger partial charge in [0.15, 0.2) is 0 Å². The Bertz CT molecular complexity index is 261. The SMILES string of the molecule is CCCNCc1cccc(CNCCC)n1. The smallest absolute Gasteiger partial charge is 0.0545 e. The number of hydrogen-bond acceptors (Lipinski definition) is 3. The summed E-state index contributed by atoms with van der Waals surface area (Å²) in [6, 6.07) is 6.23. The van der Waals surface area contributed by atoms with Crippen molar-refractivity contribution < 1.29 is 0 Å². The Hall–Kier alpha value is -0.930. The van der Waals surface area contributed by atoms with Crippen molar-refractivity contribution in [3.05, 3.63) is 29.6 Å². The first kappa shape index (κ1) is 13.1. The van der Waals surface area contributed by atoms with E-state index < -0.39 is 0 Å². The summed E-state index contributed by atoms with van der Waals surface area (Å²) in [6.45, 7) is 8.20. The lowest BCUT2D eigenvalue weighted by molar-refractivity contribution is 0.643. The Morgan fingerprint density at radius 1 is 0.938 bits per heavy atom. The molecule has 3 heteroatoms. The van der Waals surface area contributed by atoms with E-state index >= 15 is 0 Å². The van der Waals surface area contributed by atoms with Crippen LogP contribution in [0.15, 0.2) is 18.2 Å². The quantitative estimate of drug-likeness (QED) is 0.660. The Morgan fingerprint density at radius 3 is 1.88 bits per heavy atom. The summed E-state index contributed by atoms with van der Waals surface area (Å²) in [7, 11) is 0. The molecule has 1 rings (SSSR count). The van der Waals surface area contributed by atoms with E-state index in [4.69, 9.17) is 0 Å². The third-order valence-electron chi connectivity index (χ3n) is 2.33. The number of nitrogens with one attached hydrogen (secondary N) is 2. The van der Waals surface area contributed by atoms with Crippen LogP contribution in [0.3, 0.4) is 0 Å². The Labute approximate surface area is 98.7 Å². The van der Waals surface area contributed by atoms with Gasteiger partial charge in [0.05, 0.1) is 11.4 Å². The summed E-state index contributed by atoms with van der Waals surface area (Å²) in [4.78, 5) is 4.59. The molecule has 90 valence electrons. The topological polar surface area (TPSA) is 37.0 Å². The van der Waals surface area contributed by atoms with Crippen LogP contribution in [0.25, 0.3) is 0 Å². The monoisotopic (exact) mass is 221 g/mol. The molecule has 2 N–H and O–H groups in total. The fourth-order valence-electron chi connectivity index (χ4n) is 1.51. The Morgan fingerprint density at radius 2 is 1.44 bits per heavy atom. The molecule has 0 saturated carbocycles. The van der Waals surface area contributed by atoms with E-state index in [0.29, 0.717) is 0 Å². The highest BCUT2D eigenvalue weighted by Gasteiger charge is 1.97. The van der Waals surface area contributed by atoms with Crippen molar-refractivity contribution in [2.24, 2.45) is 0 Å². The highest BCUT2D eigenvalue weighted by atomic mass is 14.9. The molecular weight excluding hydrogens is 198 g/mol. The van der Waals surface area contributed by atoms with Gasteiger partial charge in [0, 0.05) is 13.1 Å². The predicted octanol–water partition coefficient (Wildman–Crippen LogP) is 2.08. The number of rotatable bonds is 8. The molecule has 0 atom stereocenters. The van der Waals surface area contributed by atoms with Gasteiger partial charge in [-0.3, -0.25) is 4.98 Å². The lowest BCUT2D eigenvalue weighted by Crippen LogP contribution is -2.17. The number of nitrogens with zero attached hydrogens (tertiary/aromatic N) is 1. The summed E-state index contributed by atoms with van der Waals surface area (Å²) in [5, 5.41) is 6.73. The van der Waals surface area contributed by atoms with Crippen molar-refractivity contribution in [2.45, 2.75) is 39.8 Å². The first-order valence-electron chi connectivity index (χ1n) is 6.23. The van der Waals surface area contributed by atoms with E-state index in [9.17, 15) is 0 Å². The van der Waals surface area contributed by atoms with E-state index in [1.54, 1.807) is 0 Å². The largest absolute Gasteiger partial charge is 0.311 e. The van der Waals surface area contributed by atoms with Crippen molar-refractivity contribution in [1.82, 2.24) is 15.6 Å². The highest BCUT2D eigenvalue weighted by molar-refractivity contribution is 5.11. The van der Waals surface area contributed by atoms with Crippen LogP contribution in [0.1, 0.15) is 38.1 Å².